The van der Waals surface area contributed by atoms with Gasteiger partial charge in [0.05, 0.1) is 0 Å². The van der Waals surface area contributed by atoms with Crippen LogP contribution in [-0.4, -0.2) is 28.0 Å². The van der Waals surface area contributed by atoms with Gasteiger partial charge in [-0.2, -0.15) is 15.0 Å². The average Bonchev–Trinajstić information content (AvgIpc) is 2.96. The van der Waals surface area contributed by atoms with Crippen molar-refractivity contribution in [2.24, 2.45) is 0 Å². The van der Waals surface area contributed by atoms with Crippen LogP contribution >= 0.6 is 0 Å². The summed E-state index contributed by atoms with van der Waals surface area (Å²) in [6, 6.07) is 4.61. The molecule has 2 heterocycles. The number of halogens is 1. The Kier molecular flexibility index (Phi) is 3.55. The van der Waals surface area contributed by atoms with E-state index in [-0.39, 0.29) is 17.7 Å². The number of nitrogens with zero attached hydrogens (tertiary/aromatic N) is 4. The Balaban J connectivity index is 1.89. The SMILES string of the molecule is Cc1ccc(F)c(Oc2nc(N)nc(N3CCCC3)n2)c1. The molecule has 0 atom stereocenters. The van der Waals surface area contributed by atoms with Gasteiger partial charge in [-0.15, -0.1) is 0 Å². The van der Waals surface area contributed by atoms with Crippen molar-refractivity contribution in [3.8, 4) is 11.8 Å². The minimum absolute atomic E-state index is 0.00824. The number of hydrogen-bond acceptors (Lipinski definition) is 6. The predicted octanol–water partition coefficient (Wildman–Crippen LogP) is 2.29. The van der Waals surface area contributed by atoms with E-state index in [9.17, 15) is 4.39 Å². The summed E-state index contributed by atoms with van der Waals surface area (Å²) >= 11 is 0. The number of aromatic nitrogens is 3. The lowest BCUT2D eigenvalue weighted by atomic mass is 10.2. The fraction of sp³-hybridized carbons (Fsp3) is 0.357. The highest BCUT2D eigenvalue weighted by Crippen LogP contribution is 2.25. The molecule has 0 unspecified atom stereocenters. The van der Waals surface area contributed by atoms with E-state index in [2.05, 4.69) is 15.0 Å². The number of benzene rings is 1. The normalized spacial score (nSPS) is 14.5. The highest BCUT2D eigenvalue weighted by molar-refractivity contribution is 5.38. The van der Waals surface area contributed by atoms with Crippen molar-refractivity contribution in [1.82, 2.24) is 15.0 Å². The molecule has 0 saturated carbocycles. The van der Waals surface area contributed by atoms with Crippen molar-refractivity contribution in [1.29, 1.82) is 0 Å². The molecule has 1 aromatic heterocycles. The summed E-state index contributed by atoms with van der Waals surface area (Å²) in [5.41, 5.74) is 6.57. The lowest BCUT2D eigenvalue weighted by Gasteiger charge is -2.15. The Bertz CT molecular complexity index is 658. The zero-order chi connectivity index (χ0) is 14.8. The molecular formula is C14H16FN5O. The third-order valence-corrected chi connectivity index (χ3v) is 3.30. The van der Waals surface area contributed by atoms with Crippen LogP contribution in [0.1, 0.15) is 18.4 Å². The van der Waals surface area contributed by atoms with Gasteiger partial charge in [-0.25, -0.2) is 4.39 Å². The first-order valence-electron chi connectivity index (χ1n) is 6.82. The average molecular weight is 289 g/mol. The summed E-state index contributed by atoms with van der Waals surface area (Å²) in [6.07, 6.45) is 2.18. The van der Waals surface area contributed by atoms with Gasteiger partial charge in [0, 0.05) is 13.1 Å². The molecule has 2 aromatic rings. The van der Waals surface area contributed by atoms with Crippen LogP contribution in [0.4, 0.5) is 16.3 Å². The molecule has 0 amide bonds. The Labute approximate surface area is 121 Å². The fourth-order valence-electron chi connectivity index (χ4n) is 2.25. The van der Waals surface area contributed by atoms with Gasteiger partial charge in [0.2, 0.25) is 11.9 Å². The molecule has 7 heteroatoms. The number of nitrogen functional groups attached to an aromatic ring is 1. The Morgan fingerprint density at radius 3 is 2.71 bits per heavy atom. The van der Waals surface area contributed by atoms with Gasteiger partial charge in [-0.05, 0) is 37.5 Å². The van der Waals surface area contributed by atoms with E-state index in [0.29, 0.717) is 5.95 Å². The number of aryl methyl sites for hydroxylation is 1. The largest absolute Gasteiger partial charge is 0.421 e. The van der Waals surface area contributed by atoms with Crippen LogP contribution in [0.5, 0.6) is 11.8 Å². The minimum atomic E-state index is -0.470. The van der Waals surface area contributed by atoms with E-state index in [1.807, 2.05) is 11.8 Å². The molecule has 1 aromatic carbocycles. The van der Waals surface area contributed by atoms with Crippen molar-refractivity contribution < 1.29 is 9.13 Å². The highest BCUT2D eigenvalue weighted by Gasteiger charge is 2.18. The maximum Gasteiger partial charge on any atom is 0.328 e. The molecule has 2 N–H and O–H groups in total. The summed E-state index contributed by atoms with van der Waals surface area (Å²) in [6.45, 7) is 3.60. The second kappa shape index (κ2) is 5.51. The van der Waals surface area contributed by atoms with Crippen LogP contribution in [0, 0.1) is 12.7 Å². The molecule has 0 aliphatic carbocycles. The van der Waals surface area contributed by atoms with Crippen molar-refractivity contribution in [2.45, 2.75) is 19.8 Å². The third-order valence-electron chi connectivity index (χ3n) is 3.30. The molecule has 0 spiro atoms. The van der Waals surface area contributed by atoms with E-state index in [1.165, 1.54) is 6.07 Å². The molecule has 1 aliphatic heterocycles. The number of ether oxygens (including phenoxy) is 1. The van der Waals surface area contributed by atoms with E-state index < -0.39 is 5.82 Å². The Morgan fingerprint density at radius 2 is 1.95 bits per heavy atom. The second-order valence-electron chi connectivity index (χ2n) is 5.01. The molecule has 0 radical (unpaired) electrons. The third kappa shape index (κ3) is 3.01. The quantitative estimate of drug-likeness (QED) is 0.934. The first-order valence-corrected chi connectivity index (χ1v) is 6.82. The summed E-state index contributed by atoms with van der Waals surface area (Å²) in [7, 11) is 0. The van der Waals surface area contributed by atoms with E-state index in [4.69, 9.17) is 10.5 Å². The van der Waals surface area contributed by atoms with Gasteiger partial charge in [0.25, 0.3) is 0 Å². The number of anilines is 2. The van der Waals surface area contributed by atoms with E-state index in [0.717, 1.165) is 31.5 Å². The molecule has 110 valence electrons. The van der Waals surface area contributed by atoms with Gasteiger partial charge in [0.1, 0.15) is 0 Å². The molecule has 1 fully saturated rings. The Morgan fingerprint density at radius 1 is 1.19 bits per heavy atom. The van der Waals surface area contributed by atoms with Crippen LogP contribution in [0.2, 0.25) is 0 Å². The van der Waals surface area contributed by atoms with Gasteiger partial charge in [-0.1, -0.05) is 6.07 Å². The van der Waals surface area contributed by atoms with Gasteiger partial charge >= 0.3 is 6.01 Å². The van der Waals surface area contributed by atoms with Crippen molar-refractivity contribution in [2.75, 3.05) is 23.7 Å². The molecule has 6 nitrogen and oxygen atoms in total. The molecule has 3 rings (SSSR count). The van der Waals surface area contributed by atoms with Gasteiger partial charge < -0.3 is 15.4 Å². The van der Waals surface area contributed by atoms with E-state index >= 15 is 0 Å². The standard InChI is InChI=1S/C14H16FN5O/c1-9-4-5-10(15)11(8-9)21-14-18-12(16)17-13(19-14)20-6-2-3-7-20/h4-5,8H,2-3,6-7H2,1H3,(H2,16,17,18,19). The smallest absolute Gasteiger partial charge is 0.328 e. The minimum Gasteiger partial charge on any atom is -0.421 e. The van der Waals surface area contributed by atoms with Crippen LogP contribution in [0.15, 0.2) is 18.2 Å². The first kappa shape index (κ1) is 13.5. The summed E-state index contributed by atoms with van der Waals surface area (Å²) in [5, 5.41) is 0. The zero-order valence-corrected chi connectivity index (χ0v) is 11.7. The number of rotatable bonds is 3. The van der Waals surface area contributed by atoms with Crippen molar-refractivity contribution >= 4 is 11.9 Å². The monoisotopic (exact) mass is 289 g/mol. The summed E-state index contributed by atoms with van der Waals surface area (Å²) in [5.74, 6) is 0.147. The fourth-order valence-corrected chi connectivity index (χ4v) is 2.25. The second-order valence-corrected chi connectivity index (χ2v) is 5.01. The lowest BCUT2D eigenvalue weighted by molar-refractivity contribution is 0.410. The van der Waals surface area contributed by atoms with Crippen molar-refractivity contribution in [3.05, 3.63) is 29.6 Å². The summed E-state index contributed by atoms with van der Waals surface area (Å²) in [4.78, 5) is 14.2. The first-order chi connectivity index (χ1) is 10.1. The van der Waals surface area contributed by atoms with Gasteiger partial charge in [-0.3, -0.25) is 0 Å². The number of nitrogens with two attached hydrogens (primary N) is 1. The molecular weight excluding hydrogens is 273 g/mol. The molecule has 21 heavy (non-hydrogen) atoms. The van der Waals surface area contributed by atoms with Crippen LogP contribution in [0.3, 0.4) is 0 Å². The topological polar surface area (TPSA) is 77.2 Å². The number of hydrogen-bond donors (Lipinski definition) is 1. The van der Waals surface area contributed by atoms with E-state index in [1.54, 1.807) is 12.1 Å². The molecule has 1 saturated heterocycles. The van der Waals surface area contributed by atoms with Crippen molar-refractivity contribution in [3.63, 3.8) is 0 Å². The predicted molar refractivity (Wildman–Crippen MR) is 76.9 cm³/mol. The molecule has 0 bridgehead atoms. The summed E-state index contributed by atoms with van der Waals surface area (Å²) < 4.78 is 19.1. The van der Waals surface area contributed by atoms with Crippen LogP contribution in [0.25, 0.3) is 0 Å². The maximum absolute atomic E-state index is 13.7. The Hall–Kier alpha value is -2.44. The lowest BCUT2D eigenvalue weighted by Crippen LogP contribution is -2.21. The van der Waals surface area contributed by atoms with Gasteiger partial charge in [0.15, 0.2) is 11.6 Å². The van der Waals surface area contributed by atoms with Crippen LogP contribution < -0.4 is 15.4 Å². The zero-order valence-electron chi connectivity index (χ0n) is 11.7. The maximum atomic E-state index is 13.7. The van der Waals surface area contributed by atoms with Crippen LogP contribution in [-0.2, 0) is 0 Å². The highest BCUT2D eigenvalue weighted by atomic mass is 19.1. The molecule has 1 aliphatic rings.